The van der Waals surface area contributed by atoms with Crippen LogP contribution in [0.25, 0.3) is 6.08 Å². The third-order valence-corrected chi connectivity index (χ3v) is 6.37. The maximum absolute atomic E-state index is 12.7. The van der Waals surface area contributed by atoms with Crippen molar-refractivity contribution in [3.63, 3.8) is 0 Å². The van der Waals surface area contributed by atoms with Crippen LogP contribution >= 0.6 is 46.6 Å². The Hall–Kier alpha value is -1.97. The molecule has 4 nitrogen and oxygen atoms in total. The predicted molar refractivity (Wildman–Crippen MR) is 137 cm³/mol. The Morgan fingerprint density at radius 2 is 1.97 bits per heavy atom. The van der Waals surface area contributed by atoms with E-state index in [1.165, 1.54) is 11.8 Å². The van der Waals surface area contributed by atoms with Crippen molar-refractivity contribution in [3.05, 3.63) is 80.3 Å². The van der Waals surface area contributed by atoms with E-state index in [-0.39, 0.29) is 11.8 Å². The SMILES string of the molecule is CC(=Cc1ccccc1)C=C1SC(=S)N(CCCC(=O)Nc2cccc(I)c2)C1=O. The Balaban J connectivity index is 1.53. The normalized spacial score (nSPS) is 15.7. The van der Waals surface area contributed by atoms with E-state index in [9.17, 15) is 9.59 Å². The summed E-state index contributed by atoms with van der Waals surface area (Å²) in [5.74, 6) is -0.163. The Labute approximate surface area is 199 Å². The quantitative estimate of drug-likeness (QED) is 0.268. The lowest BCUT2D eigenvalue weighted by atomic mass is 10.1. The van der Waals surface area contributed by atoms with Crippen molar-refractivity contribution < 1.29 is 9.59 Å². The number of halogens is 1. The molecular formula is C23H21IN2O2S2. The number of amides is 2. The maximum atomic E-state index is 12.7. The maximum Gasteiger partial charge on any atom is 0.266 e. The number of benzene rings is 2. The average Bonchev–Trinajstić information content (AvgIpc) is 2.96. The third-order valence-electron chi connectivity index (χ3n) is 4.32. The van der Waals surface area contributed by atoms with Gasteiger partial charge in [0, 0.05) is 22.2 Å². The molecular weight excluding hydrogens is 527 g/mol. The van der Waals surface area contributed by atoms with Gasteiger partial charge in [-0.15, -0.1) is 0 Å². The van der Waals surface area contributed by atoms with E-state index in [1.54, 1.807) is 4.90 Å². The van der Waals surface area contributed by atoms with Crippen LogP contribution in [0.5, 0.6) is 0 Å². The van der Waals surface area contributed by atoms with Crippen LogP contribution in [0.4, 0.5) is 5.69 Å². The van der Waals surface area contributed by atoms with E-state index in [1.807, 2.05) is 73.7 Å². The van der Waals surface area contributed by atoms with Gasteiger partial charge in [0.1, 0.15) is 4.32 Å². The van der Waals surface area contributed by atoms with Crippen molar-refractivity contribution in [1.82, 2.24) is 4.90 Å². The fourth-order valence-corrected chi connectivity index (χ4v) is 4.84. The van der Waals surface area contributed by atoms with Gasteiger partial charge in [0.2, 0.25) is 5.91 Å². The first-order valence-corrected chi connectivity index (χ1v) is 11.8. The van der Waals surface area contributed by atoms with Gasteiger partial charge in [-0.25, -0.2) is 0 Å². The lowest BCUT2D eigenvalue weighted by Crippen LogP contribution is -2.29. The van der Waals surface area contributed by atoms with Crippen LogP contribution in [-0.4, -0.2) is 27.6 Å². The minimum Gasteiger partial charge on any atom is -0.326 e. The molecule has 2 aromatic carbocycles. The number of thiocarbonyl (C=S) groups is 1. The summed E-state index contributed by atoms with van der Waals surface area (Å²) in [6.07, 6.45) is 4.78. The monoisotopic (exact) mass is 548 g/mol. The molecule has 3 rings (SSSR count). The molecule has 2 amide bonds. The zero-order chi connectivity index (χ0) is 21.5. The first-order valence-electron chi connectivity index (χ1n) is 9.46. The highest BCUT2D eigenvalue weighted by molar-refractivity contribution is 14.1. The molecule has 1 saturated heterocycles. The summed E-state index contributed by atoms with van der Waals surface area (Å²) in [5.41, 5.74) is 2.85. The molecule has 0 aromatic heterocycles. The summed E-state index contributed by atoms with van der Waals surface area (Å²) in [6.45, 7) is 2.40. The fourth-order valence-electron chi connectivity index (χ4n) is 2.94. The van der Waals surface area contributed by atoms with Gasteiger partial charge in [-0.1, -0.05) is 66.5 Å². The number of carbonyl (C=O) groups excluding carboxylic acids is 2. The van der Waals surface area contributed by atoms with Crippen LogP contribution in [0.2, 0.25) is 0 Å². The van der Waals surface area contributed by atoms with Crippen molar-refractivity contribution in [2.75, 3.05) is 11.9 Å². The molecule has 0 spiro atoms. The number of carbonyl (C=O) groups is 2. The smallest absolute Gasteiger partial charge is 0.266 e. The van der Waals surface area contributed by atoms with E-state index in [0.29, 0.717) is 28.6 Å². The number of thioether (sulfide) groups is 1. The number of nitrogens with one attached hydrogen (secondary N) is 1. The van der Waals surface area contributed by atoms with Crippen LogP contribution in [0, 0.1) is 3.57 Å². The van der Waals surface area contributed by atoms with Gasteiger partial charge in [-0.2, -0.15) is 0 Å². The average molecular weight is 548 g/mol. The summed E-state index contributed by atoms with van der Waals surface area (Å²) in [5, 5.41) is 2.88. The van der Waals surface area contributed by atoms with E-state index < -0.39 is 0 Å². The molecule has 2 aromatic rings. The summed E-state index contributed by atoms with van der Waals surface area (Å²) in [7, 11) is 0. The lowest BCUT2D eigenvalue weighted by Gasteiger charge is -2.14. The molecule has 1 aliphatic rings. The van der Waals surface area contributed by atoms with E-state index >= 15 is 0 Å². The molecule has 1 fully saturated rings. The fraction of sp³-hybridized carbons (Fsp3) is 0.174. The van der Waals surface area contributed by atoms with Crippen molar-refractivity contribution >= 4 is 74.5 Å². The highest BCUT2D eigenvalue weighted by atomic mass is 127. The largest absolute Gasteiger partial charge is 0.326 e. The predicted octanol–water partition coefficient (Wildman–Crippen LogP) is 5.86. The molecule has 0 aliphatic carbocycles. The highest BCUT2D eigenvalue weighted by Gasteiger charge is 2.31. The molecule has 0 bridgehead atoms. The number of hydrogen-bond donors (Lipinski definition) is 1. The summed E-state index contributed by atoms with van der Waals surface area (Å²) < 4.78 is 1.60. The number of hydrogen-bond acceptors (Lipinski definition) is 4. The molecule has 7 heteroatoms. The van der Waals surface area contributed by atoms with Crippen LogP contribution in [-0.2, 0) is 9.59 Å². The third kappa shape index (κ3) is 6.52. The van der Waals surface area contributed by atoms with Crippen molar-refractivity contribution in [2.45, 2.75) is 19.8 Å². The molecule has 1 N–H and O–H groups in total. The Morgan fingerprint density at radius 3 is 2.70 bits per heavy atom. The second kappa shape index (κ2) is 10.9. The Kier molecular flexibility index (Phi) is 8.24. The summed E-state index contributed by atoms with van der Waals surface area (Å²) >= 11 is 8.90. The minimum absolute atomic E-state index is 0.0698. The summed E-state index contributed by atoms with van der Waals surface area (Å²) in [6, 6.07) is 17.6. The zero-order valence-electron chi connectivity index (χ0n) is 16.4. The number of anilines is 1. The molecule has 0 radical (unpaired) electrons. The molecule has 1 heterocycles. The Bertz CT molecular complexity index is 1020. The van der Waals surface area contributed by atoms with Crippen LogP contribution in [0.15, 0.2) is 71.2 Å². The second-order valence-corrected chi connectivity index (χ2v) is 9.72. The number of allylic oxidation sites excluding steroid dienone is 2. The van der Waals surface area contributed by atoms with Gasteiger partial charge in [0.25, 0.3) is 5.91 Å². The van der Waals surface area contributed by atoms with Crippen LogP contribution in [0.3, 0.4) is 0 Å². The Morgan fingerprint density at radius 1 is 1.20 bits per heavy atom. The molecule has 0 atom stereocenters. The van der Waals surface area contributed by atoms with Crippen molar-refractivity contribution in [1.29, 1.82) is 0 Å². The van der Waals surface area contributed by atoms with Gasteiger partial charge >= 0.3 is 0 Å². The topological polar surface area (TPSA) is 49.4 Å². The second-order valence-electron chi connectivity index (χ2n) is 6.79. The molecule has 0 unspecified atom stereocenters. The van der Waals surface area contributed by atoms with Gasteiger partial charge in [0.15, 0.2) is 0 Å². The van der Waals surface area contributed by atoms with E-state index in [0.717, 1.165) is 20.4 Å². The van der Waals surface area contributed by atoms with Gasteiger partial charge < -0.3 is 5.32 Å². The highest BCUT2D eigenvalue weighted by Crippen LogP contribution is 2.32. The van der Waals surface area contributed by atoms with Gasteiger partial charge in [-0.3, -0.25) is 14.5 Å². The van der Waals surface area contributed by atoms with E-state index in [4.69, 9.17) is 12.2 Å². The molecule has 0 saturated carbocycles. The molecule has 154 valence electrons. The molecule has 1 aliphatic heterocycles. The first kappa shape index (κ1) is 22.7. The van der Waals surface area contributed by atoms with Gasteiger partial charge in [-0.05, 0) is 71.3 Å². The van der Waals surface area contributed by atoms with Gasteiger partial charge in [0.05, 0.1) is 4.91 Å². The van der Waals surface area contributed by atoms with Crippen molar-refractivity contribution in [2.24, 2.45) is 0 Å². The first-order chi connectivity index (χ1) is 14.4. The van der Waals surface area contributed by atoms with Crippen molar-refractivity contribution in [3.8, 4) is 0 Å². The molecule has 30 heavy (non-hydrogen) atoms. The zero-order valence-corrected chi connectivity index (χ0v) is 20.2. The van der Waals surface area contributed by atoms with Crippen LogP contribution < -0.4 is 5.32 Å². The minimum atomic E-state index is -0.0937. The lowest BCUT2D eigenvalue weighted by molar-refractivity contribution is -0.122. The number of rotatable bonds is 7. The number of nitrogens with zero attached hydrogens (tertiary/aromatic N) is 1. The standard InChI is InChI=1S/C23H21IN2O2S2/c1-16(13-17-7-3-2-4-8-17)14-20-22(28)26(23(29)30-20)12-6-11-21(27)25-19-10-5-9-18(24)15-19/h2-5,7-10,13-15H,6,11-12H2,1H3,(H,25,27). The van der Waals surface area contributed by atoms with Crippen LogP contribution in [0.1, 0.15) is 25.3 Å². The van der Waals surface area contributed by atoms with E-state index in [2.05, 4.69) is 27.9 Å². The summed E-state index contributed by atoms with van der Waals surface area (Å²) in [4.78, 5) is 27.1.